The molecule has 0 heterocycles. The standard InChI is InChI=1S/C19H18N2O3/c22-19(12-11-14-5-3-8-16(13-14)21(23)24)20-18-10-4-7-15-6-1-2-9-17(15)18/h3-5,7-8,10-13H,1-2,6,9H2,(H,20,22)/b12-11+. The number of carbonyl (C=O) groups is 1. The minimum Gasteiger partial charge on any atom is -0.322 e. The van der Waals surface area contributed by atoms with Crippen molar-refractivity contribution in [2.45, 2.75) is 25.7 Å². The van der Waals surface area contributed by atoms with E-state index >= 15 is 0 Å². The summed E-state index contributed by atoms with van der Waals surface area (Å²) in [6.45, 7) is 0. The smallest absolute Gasteiger partial charge is 0.270 e. The maximum atomic E-state index is 12.2. The second-order valence-corrected chi connectivity index (χ2v) is 5.83. The highest BCUT2D eigenvalue weighted by Gasteiger charge is 2.13. The number of fused-ring (bicyclic) bond motifs is 1. The first-order chi connectivity index (χ1) is 11.6. The Bertz CT molecular complexity index is 812. The molecule has 0 spiro atoms. The molecule has 0 fully saturated rings. The number of benzene rings is 2. The number of nitrogens with one attached hydrogen (secondary N) is 1. The predicted octanol–water partition coefficient (Wildman–Crippen LogP) is 4.13. The van der Waals surface area contributed by atoms with Crippen LogP contribution in [0.3, 0.4) is 0 Å². The second kappa shape index (κ2) is 7.08. The van der Waals surface area contributed by atoms with Crippen LogP contribution in [0.25, 0.3) is 6.08 Å². The maximum Gasteiger partial charge on any atom is 0.270 e. The minimum absolute atomic E-state index is 0.00897. The summed E-state index contributed by atoms with van der Waals surface area (Å²) >= 11 is 0. The molecule has 5 heteroatoms. The molecule has 0 unspecified atom stereocenters. The van der Waals surface area contributed by atoms with E-state index in [0.717, 1.165) is 24.9 Å². The molecule has 0 saturated heterocycles. The van der Waals surface area contributed by atoms with Crippen LogP contribution in [0.2, 0.25) is 0 Å². The van der Waals surface area contributed by atoms with Crippen molar-refractivity contribution in [1.82, 2.24) is 0 Å². The number of anilines is 1. The topological polar surface area (TPSA) is 72.2 Å². The lowest BCUT2D eigenvalue weighted by molar-refractivity contribution is -0.384. The van der Waals surface area contributed by atoms with E-state index in [9.17, 15) is 14.9 Å². The molecule has 1 N–H and O–H groups in total. The quantitative estimate of drug-likeness (QED) is 0.523. The van der Waals surface area contributed by atoms with Gasteiger partial charge in [0.1, 0.15) is 0 Å². The first-order valence-corrected chi connectivity index (χ1v) is 7.98. The lowest BCUT2D eigenvalue weighted by Gasteiger charge is -2.19. The third-order valence-electron chi connectivity index (χ3n) is 4.16. The Morgan fingerprint density at radius 2 is 1.92 bits per heavy atom. The third kappa shape index (κ3) is 3.68. The highest BCUT2D eigenvalue weighted by molar-refractivity contribution is 6.02. The average molecular weight is 322 g/mol. The van der Waals surface area contributed by atoms with Gasteiger partial charge in [0.2, 0.25) is 5.91 Å². The number of nitro groups is 1. The molecule has 122 valence electrons. The van der Waals surface area contributed by atoms with Crippen molar-refractivity contribution >= 4 is 23.4 Å². The molecule has 1 aliphatic carbocycles. The minimum atomic E-state index is -0.451. The van der Waals surface area contributed by atoms with Crippen LogP contribution in [0.5, 0.6) is 0 Å². The molecule has 2 aromatic rings. The number of carbonyl (C=O) groups excluding carboxylic acids is 1. The number of rotatable bonds is 4. The van der Waals surface area contributed by atoms with Gasteiger partial charge in [-0.15, -0.1) is 0 Å². The van der Waals surface area contributed by atoms with E-state index in [2.05, 4.69) is 11.4 Å². The van der Waals surface area contributed by atoms with Gasteiger partial charge in [0.05, 0.1) is 4.92 Å². The summed E-state index contributed by atoms with van der Waals surface area (Å²) in [6.07, 6.45) is 7.36. The van der Waals surface area contributed by atoms with Gasteiger partial charge < -0.3 is 5.32 Å². The van der Waals surface area contributed by atoms with Crippen molar-refractivity contribution in [3.8, 4) is 0 Å². The molecule has 1 aliphatic rings. The fraction of sp³-hybridized carbons (Fsp3) is 0.211. The fourth-order valence-corrected chi connectivity index (χ4v) is 2.99. The molecule has 0 radical (unpaired) electrons. The Balaban J connectivity index is 1.72. The number of amides is 1. The second-order valence-electron chi connectivity index (χ2n) is 5.83. The number of nitro benzene ring substituents is 1. The lowest BCUT2D eigenvalue weighted by atomic mass is 9.90. The Morgan fingerprint density at radius 1 is 1.12 bits per heavy atom. The summed E-state index contributed by atoms with van der Waals surface area (Å²) in [4.78, 5) is 22.5. The van der Waals surface area contributed by atoms with Gasteiger partial charge in [-0.05, 0) is 54.5 Å². The molecule has 24 heavy (non-hydrogen) atoms. The molecular weight excluding hydrogens is 304 g/mol. The Hall–Kier alpha value is -2.95. The molecule has 0 aliphatic heterocycles. The molecule has 0 saturated carbocycles. The number of hydrogen-bond acceptors (Lipinski definition) is 3. The van der Waals surface area contributed by atoms with Crippen LogP contribution in [0, 0.1) is 10.1 Å². The van der Waals surface area contributed by atoms with Crippen molar-refractivity contribution < 1.29 is 9.72 Å². The zero-order chi connectivity index (χ0) is 16.9. The van der Waals surface area contributed by atoms with Crippen molar-refractivity contribution in [2.75, 3.05) is 5.32 Å². The van der Waals surface area contributed by atoms with Gasteiger partial charge in [-0.1, -0.05) is 24.3 Å². The van der Waals surface area contributed by atoms with E-state index in [1.807, 2.05) is 12.1 Å². The van der Waals surface area contributed by atoms with Crippen molar-refractivity contribution in [3.63, 3.8) is 0 Å². The molecule has 3 rings (SSSR count). The van der Waals surface area contributed by atoms with Gasteiger partial charge >= 0.3 is 0 Å². The summed E-state index contributed by atoms with van der Waals surface area (Å²) in [5, 5.41) is 13.7. The van der Waals surface area contributed by atoms with E-state index < -0.39 is 4.92 Å². The normalized spacial score (nSPS) is 13.5. The monoisotopic (exact) mass is 322 g/mol. The number of aryl methyl sites for hydroxylation is 1. The Labute approximate surface area is 140 Å². The predicted molar refractivity (Wildman–Crippen MR) is 93.8 cm³/mol. The molecule has 0 aromatic heterocycles. The van der Waals surface area contributed by atoms with Gasteiger partial charge in [0.25, 0.3) is 5.69 Å². The third-order valence-corrected chi connectivity index (χ3v) is 4.16. The highest BCUT2D eigenvalue weighted by Crippen LogP contribution is 2.27. The van der Waals surface area contributed by atoms with Crippen molar-refractivity contribution in [2.24, 2.45) is 0 Å². The Morgan fingerprint density at radius 3 is 2.75 bits per heavy atom. The summed E-state index contributed by atoms with van der Waals surface area (Å²) in [7, 11) is 0. The first kappa shape index (κ1) is 15.9. The zero-order valence-electron chi connectivity index (χ0n) is 13.2. The van der Waals surface area contributed by atoms with E-state index in [0.29, 0.717) is 5.56 Å². The molecule has 5 nitrogen and oxygen atoms in total. The van der Waals surface area contributed by atoms with Gasteiger partial charge in [-0.2, -0.15) is 0 Å². The summed E-state index contributed by atoms with van der Waals surface area (Å²) in [6, 6.07) is 12.2. The van der Waals surface area contributed by atoms with Crippen LogP contribution >= 0.6 is 0 Å². The highest BCUT2D eigenvalue weighted by atomic mass is 16.6. The van der Waals surface area contributed by atoms with E-state index in [1.54, 1.807) is 18.2 Å². The summed E-state index contributed by atoms with van der Waals surface area (Å²) in [5.41, 5.74) is 4.02. The van der Waals surface area contributed by atoms with Crippen molar-refractivity contribution in [3.05, 3.63) is 75.3 Å². The number of nitrogens with zero attached hydrogens (tertiary/aromatic N) is 1. The van der Waals surface area contributed by atoms with Gasteiger partial charge in [-0.25, -0.2) is 0 Å². The average Bonchev–Trinajstić information content (AvgIpc) is 2.60. The SMILES string of the molecule is O=C(/C=C/c1cccc([N+](=O)[O-])c1)Nc1cccc2c1CCCC2. The van der Waals surface area contributed by atoms with Crippen LogP contribution in [0.4, 0.5) is 11.4 Å². The molecule has 1 amide bonds. The maximum absolute atomic E-state index is 12.2. The zero-order valence-corrected chi connectivity index (χ0v) is 13.2. The lowest BCUT2D eigenvalue weighted by Crippen LogP contribution is -2.13. The fourth-order valence-electron chi connectivity index (χ4n) is 2.99. The molecule has 2 aromatic carbocycles. The Kier molecular flexibility index (Phi) is 4.70. The van der Waals surface area contributed by atoms with Crippen molar-refractivity contribution in [1.29, 1.82) is 0 Å². The largest absolute Gasteiger partial charge is 0.322 e. The summed E-state index contributed by atoms with van der Waals surface area (Å²) < 4.78 is 0. The van der Waals surface area contributed by atoms with Crippen LogP contribution in [-0.2, 0) is 17.6 Å². The molecular formula is C19H18N2O3. The van der Waals surface area contributed by atoms with E-state index in [-0.39, 0.29) is 11.6 Å². The van der Waals surface area contributed by atoms with Crippen LogP contribution in [-0.4, -0.2) is 10.8 Å². The molecule has 0 bridgehead atoms. The van der Waals surface area contributed by atoms with Gasteiger partial charge in [0, 0.05) is 23.9 Å². The van der Waals surface area contributed by atoms with Gasteiger partial charge in [-0.3, -0.25) is 14.9 Å². The number of hydrogen-bond donors (Lipinski definition) is 1. The molecule has 0 atom stereocenters. The summed E-state index contributed by atoms with van der Waals surface area (Å²) in [5.74, 6) is -0.236. The number of non-ortho nitro benzene ring substituents is 1. The van der Waals surface area contributed by atoms with Crippen LogP contribution in [0.1, 0.15) is 29.5 Å². The van der Waals surface area contributed by atoms with Gasteiger partial charge in [0.15, 0.2) is 0 Å². The van der Waals surface area contributed by atoms with E-state index in [4.69, 9.17) is 0 Å². The van der Waals surface area contributed by atoms with E-state index in [1.165, 1.54) is 35.8 Å². The van der Waals surface area contributed by atoms with Crippen LogP contribution < -0.4 is 5.32 Å². The first-order valence-electron chi connectivity index (χ1n) is 7.98. The van der Waals surface area contributed by atoms with Crippen LogP contribution in [0.15, 0.2) is 48.5 Å².